The fourth-order valence-corrected chi connectivity index (χ4v) is 3.47. The van der Waals surface area contributed by atoms with Crippen LogP contribution in [0, 0.1) is 6.92 Å². The molecule has 112 valence electrons. The monoisotopic (exact) mass is 309 g/mol. The molecular weight excluding hydrogens is 294 g/mol. The number of rotatable bonds is 3. The van der Waals surface area contributed by atoms with Gasteiger partial charge in [0, 0.05) is 26.2 Å². The minimum Gasteiger partial charge on any atom is -0.363 e. The Morgan fingerprint density at radius 2 is 1.90 bits per heavy atom. The first-order chi connectivity index (χ1) is 10.1. The highest BCUT2D eigenvalue weighted by Crippen LogP contribution is 2.19. The van der Waals surface area contributed by atoms with Crippen LogP contribution < -0.4 is 4.90 Å². The molecule has 1 aliphatic rings. The Hall–Kier alpha value is -2.00. The van der Waals surface area contributed by atoms with Gasteiger partial charge in [0.05, 0.1) is 11.9 Å². The fourth-order valence-electron chi connectivity index (χ4n) is 2.19. The van der Waals surface area contributed by atoms with Crippen molar-refractivity contribution in [1.82, 2.24) is 19.7 Å². The quantitative estimate of drug-likeness (QED) is 0.804. The lowest BCUT2D eigenvalue weighted by molar-refractivity contribution is 0.382. The molecule has 3 heterocycles. The van der Waals surface area contributed by atoms with Crippen LogP contribution in [0.3, 0.4) is 0 Å². The minimum absolute atomic E-state index is 0.0890. The second-order valence-electron chi connectivity index (χ2n) is 4.78. The summed E-state index contributed by atoms with van der Waals surface area (Å²) in [7, 11) is -3.52. The van der Waals surface area contributed by atoms with Crippen LogP contribution in [0.4, 0.5) is 5.82 Å². The first-order valence-electron chi connectivity index (χ1n) is 6.52. The maximum atomic E-state index is 12.3. The zero-order chi connectivity index (χ0) is 14.9. The summed E-state index contributed by atoms with van der Waals surface area (Å²) in [5.74, 6) is 0.766. The molecule has 8 nitrogen and oxygen atoms in total. The second kappa shape index (κ2) is 5.41. The molecule has 0 amide bonds. The van der Waals surface area contributed by atoms with Crippen LogP contribution in [0.1, 0.15) is 5.69 Å². The van der Waals surface area contributed by atoms with Gasteiger partial charge >= 0.3 is 0 Å². The van der Waals surface area contributed by atoms with Crippen LogP contribution in [0.5, 0.6) is 0 Å². The van der Waals surface area contributed by atoms with Crippen molar-refractivity contribution in [3.05, 3.63) is 30.3 Å². The highest BCUT2D eigenvalue weighted by molar-refractivity contribution is 7.89. The number of anilines is 1. The molecule has 0 aromatic carbocycles. The van der Waals surface area contributed by atoms with Crippen LogP contribution in [0.25, 0.3) is 0 Å². The third-order valence-electron chi connectivity index (χ3n) is 3.39. The molecule has 0 aliphatic carbocycles. The molecular formula is C12H15N5O3S. The van der Waals surface area contributed by atoms with Gasteiger partial charge in [0.15, 0.2) is 5.82 Å². The number of nitrogens with zero attached hydrogens (tertiary/aromatic N) is 5. The van der Waals surface area contributed by atoms with E-state index in [1.807, 2.05) is 24.0 Å². The van der Waals surface area contributed by atoms with E-state index >= 15 is 0 Å². The van der Waals surface area contributed by atoms with Crippen LogP contribution >= 0.6 is 0 Å². The highest BCUT2D eigenvalue weighted by Gasteiger charge is 2.30. The third-order valence-corrected chi connectivity index (χ3v) is 5.24. The first kappa shape index (κ1) is 14.0. The SMILES string of the molecule is Cc1ccc(N2CCN(S(=O)(=O)c3cnoc3)CC2)nn1. The average Bonchev–Trinajstić information content (AvgIpc) is 3.03. The summed E-state index contributed by atoms with van der Waals surface area (Å²) in [4.78, 5) is 2.11. The van der Waals surface area contributed by atoms with Gasteiger partial charge in [-0.25, -0.2) is 8.42 Å². The van der Waals surface area contributed by atoms with Crippen LogP contribution in [-0.4, -0.2) is 54.3 Å². The number of sulfonamides is 1. The van der Waals surface area contributed by atoms with Crippen molar-refractivity contribution in [2.75, 3.05) is 31.1 Å². The van der Waals surface area contributed by atoms with Crippen molar-refractivity contribution >= 4 is 15.8 Å². The number of piperazine rings is 1. The maximum Gasteiger partial charge on any atom is 0.248 e. The van der Waals surface area contributed by atoms with Gasteiger partial charge in [0.25, 0.3) is 0 Å². The predicted molar refractivity (Wildman–Crippen MR) is 74.2 cm³/mol. The Labute approximate surface area is 122 Å². The molecule has 0 unspecified atom stereocenters. The van der Waals surface area contributed by atoms with Crippen molar-refractivity contribution in [2.45, 2.75) is 11.8 Å². The van der Waals surface area contributed by atoms with Gasteiger partial charge in [-0.05, 0) is 19.1 Å². The zero-order valence-electron chi connectivity index (χ0n) is 11.5. The Balaban J connectivity index is 1.69. The summed E-state index contributed by atoms with van der Waals surface area (Å²) in [6, 6.07) is 3.79. The van der Waals surface area contributed by atoms with Crippen molar-refractivity contribution in [1.29, 1.82) is 0 Å². The average molecular weight is 309 g/mol. The normalized spacial score (nSPS) is 17.1. The predicted octanol–water partition coefficient (Wildman–Crippen LogP) is 0.284. The molecule has 9 heteroatoms. The van der Waals surface area contributed by atoms with Crippen LogP contribution in [-0.2, 0) is 10.0 Å². The van der Waals surface area contributed by atoms with Gasteiger partial charge in [-0.15, -0.1) is 5.10 Å². The molecule has 2 aromatic rings. The molecule has 1 fully saturated rings. The van der Waals surface area contributed by atoms with Crippen molar-refractivity contribution in [3.8, 4) is 0 Å². The Bertz CT molecular complexity index is 691. The van der Waals surface area contributed by atoms with E-state index in [0.29, 0.717) is 26.2 Å². The summed E-state index contributed by atoms with van der Waals surface area (Å²) in [6.07, 6.45) is 2.36. The summed E-state index contributed by atoms with van der Waals surface area (Å²) in [5.41, 5.74) is 0.854. The number of hydrogen-bond acceptors (Lipinski definition) is 7. The van der Waals surface area contributed by atoms with Gasteiger partial charge in [-0.1, -0.05) is 5.16 Å². The van der Waals surface area contributed by atoms with E-state index in [0.717, 1.165) is 17.8 Å². The van der Waals surface area contributed by atoms with E-state index < -0.39 is 10.0 Å². The van der Waals surface area contributed by atoms with E-state index in [2.05, 4.69) is 19.9 Å². The number of hydrogen-bond donors (Lipinski definition) is 0. The van der Waals surface area contributed by atoms with Crippen molar-refractivity contribution in [3.63, 3.8) is 0 Å². The Morgan fingerprint density at radius 3 is 2.48 bits per heavy atom. The molecule has 0 N–H and O–H groups in total. The number of aromatic nitrogens is 3. The van der Waals surface area contributed by atoms with Gasteiger partial charge in [-0.2, -0.15) is 9.40 Å². The standard InChI is InChI=1S/C12H15N5O3S/c1-10-2-3-12(15-14-10)16-4-6-17(7-5-16)21(18,19)11-8-13-20-9-11/h2-3,8-9H,4-7H2,1H3. The Morgan fingerprint density at radius 1 is 1.14 bits per heavy atom. The maximum absolute atomic E-state index is 12.3. The van der Waals surface area contributed by atoms with Gasteiger partial charge < -0.3 is 9.42 Å². The molecule has 0 bridgehead atoms. The lowest BCUT2D eigenvalue weighted by Gasteiger charge is -2.34. The van der Waals surface area contributed by atoms with E-state index in [9.17, 15) is 8.42 Å². The molecule has 1 aliphatic heterocycles. The minimum atomic E-state index is -3.52. The summed E-state index contributed by atoms with van der Waals surface area (Å²) >= 11 is 0. The molecule has 0 saturated carbocycles. The highest BCUT2D eigenvalue weighted by atomic mass is 32.2. The smallest absolute Gasteiger partial charge is 0.248 e. The topological polar surface area (TPSA) is 92.4 Å². The Kier molecular flexibility index (Phi) is 3.60. The third kappa shape index (κ3) is 2.74. The van der Waals surface area contributed by atoms with Crippen molar-refractivity contribution in [2.24, 2.45) is 0 Å². The van der Waals surface area contributed by atoms with E-state index in [4.69, 9.17) is 0 Å². The van der Waals surface area contributed by atoms with Gasteiger partial charge in [0.2, 0.25) is 10.0 Å². The molecule has 0 spiro atoms. The molecule has 1 saturated heterocycles. The zero-order valence-corrected chi connectivity index (χ0v) is 12.3. The lowest BCUT2D eigenvalue weighted by Crippen LogP contribution is -2.48. The first-order valence-corrected chi connectivity index (χ1v) is 7.96. The van der Waals surface area contributed by atoms with Crippen LogP contribution in [0.2, 0.25) is 0 Å². The molecule has 21 heavy (non-hydrogen) atoms. The van der Waals surface area contributed by atoms with E-state index in [-0.39, 0.29) is 4.90 Å². The largest absolute Gasteiger partial charge is 0.363 e. The summed E-state index contributed by atoms with van der Waals surface area (Å²) in [6.45, 7) is 3.80. The summed E-state index contributed by atoms with van der Waals surface area (Å²) in [5, 5.41) is 11.6. The van der Waals surface area contributed by atoms with Gasteiger partial charge in [0.1, 0.15) is 11.2 Å². The fraction of sp³-hybridized carbons (Fsp3) is 0.417. The molecule has 3 rings (SSSR count). The molecule has 0 atom stereocenters. The van der Waals surface area contributed by atoms with E-state index in [1.54, 1.807) is 0 Å². The van der Waals surface area contributed by atoms with Crippen LogP contribution in [0.15, 0.2) is 34.0 Å². The van der Waals surface area contributed by atoms with E-state index in [1.165, 1.54) is 10.5 Å². The van der Waals surface area contributed by atoms with Gasteiger partial charge in [-0.3, -0.25) is 0 Å². The molecule has 2 aromatic heterocycles. The molecule has 0 radical (unpaired) electrons. The lowest BCUT2D eigenvalue weighted by atomic mass is 10.3. The second-order valence-corrected chi connectivity index (χ2v) is 6.72. The summed E-state index contributed by atoms with van der Waals surface area (Å²) < 4.78 is 30.7. The number of aryl methyl sites for hydroxylation is 1. The van der Waals surface area contributed by atoms with Crippen molar-refractivity contribution < 1.29 is 12.9 Å².